The number of benzene rings is 1. The average Bonchev–Trinajstić information content (AvgIpc) is 2.74. The second-order valence-electron chi connectivity index (χ2n) is 5.16. The van der Waals surface area contributed by atoms with Gasteiger partial charge in [-0.1, -0.05) is 0 Å². The van der Waals surface area contributed by atoms with Gasteiger partial charge in [0.1, 0.15) is 11.6 Å². The van der Waals surface area contributed by atoms with Crippen LogP contribution in [0.3, 0.4) is 0 Å². The van der Waals surface area contributed by atoms with E-state index >= 15 is 0 Å². The number of urea groups is 1. The number of hydrogen-bond donors (Lipinski definition) is 3. The Hall–Kier alpha value is -2.64. The first-order valence-corrected chi connectivity index (χ1v) is 6.84. The molecule has 2 unspecified atom stereocenters. The Morgan fingerprint density at radius 2 is 2.27 bits per heavy atom. The van der Waals surface area contributed by atoms with E-state index in [1.165, 1.54) is 12.1 Å². The zero-order chi connectivity index (χ0) is 15.9. The molecule has 7 nitrogen and oxygen atoms in total. The van der Waals surface area contributed by atoms with Gasteiger partial charge in [-0.3, -0.25) is 14.9 Å². The normalized spacial score (nSPS) is 26.0. The molecule has 2 atom stereocenters. The Kier molecular flexibility index (Phi) is 3.23. The molecule has 3 rings (SSSR count). The minimum atomic E-state index is -1.50. The lowest BCUT2D eigenvalue weighted by Crippen LogP contribution is -2.54. The SMILES string of the molecule is CCNC(=O)C1CC2(NC(=O)NC2=O)c2cc(F)ccc2O1. The van der Waals surface area contributed by atoms with Crippen molar-refractivity contribution in [2.24, 2.45) is 0 Å². The number of imide groups is 1. The lowest BCUT2D eigenvalue weighted by atomic mass is 9.81. The van der Waals surface area contributed by atoms with Crippen molar-refractivity contribution in [2.45, 2.75) is 25.0 Å². The second kappa shape index (κ2) is 4.97. The molecule has 2 aliphatic rings. The number of carbonyl (C=O) groups excluding carboxylic acids is 3. The number of ether oxygens (including phenoxy) is 1. The fourth-order valence-corrected chi connectivity index (χ4v) is 2.78. The van der Waals surface area contributed by atoms with E-state index < -0.39 is 35.3 Å². The van der Waals surface area contributed by atoms with Crippen molar-refractivity contribution in [3.8, 4) is 5.75 Å². The number of carbonyl (C=O) groups is 3. The van der Waals surface area contributed by atoms with Crippen LogP contribution in [0.5, 0.6) is 5.75 Å². The first kappa shape index (κ1) is 14.3. The van der Waals surface area contributed by atoms with Gasteiger partial charge in [0.25, 0.3) is 11.8 Å². The van der Waals surface area contributed by atoms with E-state index in [0.29, 0.717) is 6.54 Å². The van der Waals surface area contributed by atoms with Gasteiger partial charge in [-0.05, 0) is 25.1 Å². The molecule has 22 heavy (non-hydrogen) atoms. The van der Waals surface area contributed by atoms with Crippen molar-refractivity contribution in [2.75, 3.05) is 6.54 Å². The van der Waals surface area contributed by atoms with Gasteiger partial charge >= 0.3 is 6.03 Å². The zero-order valence-electron chi connectivity index (χ0n) is 11.7. The number of amides is 4. The summed E-state index contributed by atoms with van der Waals surface area (Å²) in [6.07, 6.45) is -1.06. The molecule has 1 saturated heterocycles. The fraction of sp³-hybridized carbons (Fsp3) is 0.357. The van der Waals surface area contributed by atoms with Crippen LogP contribution in [0.25, 0.3) is 0 Å². The first-order chi connectivity index (χ1) is 10.5. The smallest absolute Gasteiger partial charge is 0.322 e. The number of halogens is 1. The largest absolute Gasteiger partial charge is 0.480 e. The van der Waals surface area contributed by atoms with E-state index in [2.05, 4.69) is 16.0 Å². The molecule has 3 N–H and O–H groups in total. The summed E-state index contributed by atoms with van der Waals surface area (Å²) >= 11 is 0. The molecule has 1 fully saturated rings. The third-order valence-electron chi connectivity index (χ3n) is 3.75. The van der Waals surface area contributed by atoms with Gasteiger partial charge in [0, 0.05) is 18.5 Å². The van der Waals surface area contributed by atoms with Gasteiger partial charge in [-0.25, -0.2) is 9.18 Å². The molecule has 2 heterocycles. The summed E-state index contributed by atoms with van der Waals surface area (Å²) in [5.41, 5.74) is -1.29. The molecule has 1 spiro atoms. The van der Waals surface area contributed by atoms with Crippen molar-refractivity contribution in [1.82, 2.24) is 16.0 Å². The maximum atomic E-state index is 13.6. The van der Waals surface area contributed by atoms with Gasteiger partial charge in [0.2, 0.25) is 0 Å². The summed E-state index contributed by atoms with van der Waals surface area (Å²) in [4.78, 5) is 35.9. The first-order valence-electron chi connectivity index (χ1n) is 6.84. The summed E-state index contributed by atoms with van der Waals surface area (Å²) in [6, 6.07) is 2.96. The Balaban J connectivity index is 2.08. The van der Waals surface area contributed by atoms with Crippen LogP contribution in [0.15, 0.2) is 18.2 Å². The van der Waals surface area contributed by atoms with Gasteiger partial charge in [0.15, 0.2) is 11.6 Å². The van der Waals surface area contributed by atoms with Crippen molar-refractivity contribution in [1.29, 1.82) is 0 Å². The van der Waals surface area contributed by atoms with Gasteiger partial charge in [0.05, 0.1) is 0 Å². The minimum absolute atomic E-state index is 0.104. The van der Waals surface area contributed by atoms with Crippen molar-refractivity contribution >= 4 is 17.8 Å². The molecular weight excluding hydrogens is 293 g/mol. The zero-order valence-corrected chi connectivity index (χ0v) is 11.7. The molecular formula is C14H14FN3O4. The third kappa shape index (κ3) is 2.07. The fourth-order valence-electron chi connectivity index (χ4n) is 2.78. The van der Waals surface area contributed by atoms with Gasteiger partial charge in [-0.15, -0.1) is 0 Å². The highest BCUT2D eigenvalue weighted by atomic mass is 19.1. The van der Waals surface area contributed by atoms with E-state index in [0.717, 1.165) is 6.07 Å². The predicted octanol–water partition coefficient (Wildman–Crippen LogP) is 0.148. The van der Waals surface area contributed by atoms with Gasteiger partial charge < -0.3 is 15.4 Å². The van der Waals surface area contributed by atoms with Crippen LogP contribution in [0.1, 0.15) is 18.9 Å². The minimum Gasteiger partial charge on any atom is -0.480 e. The highest BCUT2D eigenvalue weighted by Gasteiger charge is 2.54. The van der Waals surface area contributed by atoms with Crippen molar-refractivity contribution in [3.63, 3.8) is 0 Å². The maximum absolute atomic E-state index is 13.6. The molecule has 8 heteroatoms. The summed E-state index contributed by atoms with van der Waals surface area (Å²) in [7, 11) is 0. The molecule has 1 aromatic carbocycles. The summed E-state index contributed by atoms with van der Waals surface area (Å²) in [5, 5.41) is 7.24. The van der Waals surface area contributed by atoms with Crippen LogP contribution < -0.4 is 20.7 Å². The van der Waals surface area contributed by atoms with Gasteiger partial charge in [-0.2, -0.15) is 0 Å². The summed E-state index contributed by atoms with van der Waals surface area (Å²) < 4.78 is 19.1. The maximum Gasteiger partial charge on any atom is 0.322 e. The quantitative estimate of drug-likeness (QED) is 0.678. The second-order valence-corrected chi connectivity index (χ2v) is 5.16. The summed E-state index contributed by atoms with van der Waals surface area (Å²) in [5.74, 6) is -1.39. The molecule has 4 amide bonds. The average molecular weight is 307 g/mol. The number of rotatable bonds is 2. The monoisotopic (exact) mass is 307 g/mol. The van der Waals surface area contributed by atoms with Crippen LogP contribution in [-0.2, 0) is 15.1 Å². The standard InChI is InChI=1S/C14H14FN3O4/c1-2-16-11(19)10-6-14(12(20)17-13(21)18-14)8-5-7(15)3-4-9(8)22-10/h3-5,10H,2,6H2,1H3,(H,16,19)(H2,17,18,20,21). The van der Waals surface area contributed by atoms with E-state index in [-0.39, 0.29) is 17.7 Å². The van der Waals surface area contributed by atoms with Crippen LogP contribution in [0, 0.1) is 5.82 Å². The molecule has 0 saturated carbocycles. The van der Waals surface area contributed by atoms with Crippen LogP contribution in [-0.4, -0.2) is 30.5 Å². The number of hydrogen-bond acceptors (Lipinski definition) is 4. The topological polar surface area (TPSA) is 96.5 Å². The highest BCUT2D eigenvalue weighted by Crippen LogP contribution is 2.41. The lowest BCUT2D eigenvalue weighted by molar-refractivity contribution is -0.132. The Morgan fingerprint density at radius 3 is 2.91 bits per heavy atom. The number of likely N-dealkylation sites (N-methyl/N-ethyl adjacent to an activating group) is 1. The Bertz CT molecular complexity index is 678. The molecule has 0 aliphatic carbocycles. The Labute approximate surface area is 125 Å². The molecule has 2 aliphatic heterocycles. The van der Waals surface area contributed by atoms with Crippen LogP contribution in [0.2, 0.25) is 0 Å². The third-order valence-corrected chi connectivity index (χ3v) is 3.75. The van der Waals surface area contributed by atoms with E-state index in [9.17, 15) is 18.8 Å². The van der Waals surface area contributed by atoms with Crippen molar-refractivity contribution in [3.05, 3.63) is 29.6 Å². The molecule has 116 valence electrons. The number of nitrogens with one attached hydrogen (secondary N) is 3. The molecule has 0 radical (unpaired) electrons. The molecule has 0 aromatic heterocycles. The molecule has 0 bridgehead atoms. The van der Waals surface area contributed by atoms with E-state index in [1.54, 1.807) is 6.92 Å². The van der Waals surface area contributed by atoms with E-state index in [4.69, 9.17) is 4.74 Å². The highest BCUT2D eigenvalue weighted by molar-refractivity contribution is 6.08. The van der Waals surface area contributed by atoms with Crippen LogP contribution >= 0.6 is 0 Å². The molecule has 1 aromatic rings. The Morgan fingerprint density at radius 1 is 1.50 bits per heavy atom. The van der Waals surface area contributed by atoms with Crippen LogP contribution in [0.4, 0.5) is 9.18 Å². The van der Waals surface area contributed by atoms with Crippen molar-refractivity contribution < 1.29 is 23.5 Å². The summed E-state index contributed by atoms with van der Waals surface area (Å²) in [6.45, 7) is 2.16. The van der Waals surface area contributed by atoms with E-state index in [1.807, 2.05) is 0 Å². The lowest BCUT2D eigenvalue weighted by Gasteiger charge is -2.36. The number of fused-ring (bicyclic) bond motifs is 2. The predicted molar refractivity (Wildman–Crippen MR) is 72.5 cm³/mol.